The molecule has 1 heterocycles. The van der Waals surface area contributed by atoms with Crippen LogP contribution in [0.25, 0.3) is 0 Å². The monoisotopic (exact) mass is 281 g/mol. The lowest BCUT2D eigenvalue weighted by Gasteiger charge is -2.20. The molecule has 1 atom stereocenters. The van der Waals surface area contributed by atoms with Crippen molar-refractivity contribution in [2.45, 2.75) is 12.5 Å². The molecule has 0 aliphatic carbocycles. The van der Waals surface area contributed by atoms with Crippen molar-refractivity contribution in [3.05, 3.63) is 23.8 Å². The lowest BCUT2D eigenvalue weighted by Crippen LogP contribution is -2.29. The Morgan fingerprint density at radius 3 is 2.90 bits per heavy atom. The number of nitrogens with one attached hydrogen (secondary N) is 1. The Hall–Kier alpha value is -1.79. The lowest BCUT2D eigenvalue weighted by molar-refractivity contribution is -0.122. The summed E-state index contributed by atoms with van der Waals surface area (Å²) >= 11 is 0. The largest absolute Gasteiger partial charge is 0.486 e. The van der Waals surface area contributed by atoms with Crippen molar-refractivity contribution in [2.24, 2.45) is 0 Å². The molecular formula is C14H19NO5. The van der Waals surface area contributed by atoms with Crippen LogP contribution < -0.4 is 14.8 Å². The van der Waals surface area contributed by atoms with Crippen molar-refractivity contribution in [3.63, 3.8) is 0 Å². The zero-order valence-corrected chi connectivity index (χ0v) is 11.4. The van der Waals surface area contributed by atoms with Crippen LogP contribution in [0, 0.1) is 0 Å². The van der Waals surface area contributed by atoms with Crippen molar-refractivity contribution in [3.8, 4) is 11.5 Å². The molecular weight excluding hydrogens is 262 g/mol. The molecule has 6 heteroatoms. The van der Waals surface area contributed by atoms with E-state index in [1.165, 1.54) is 7.11 Å². The van der Waals surface area contributed by atoms with Crippen molar-refractivity contribution in [2.75, 3.05) is 33.5 Å². The van der Waals surface area contributed by atoms with Gasteiger partial charge < -0.3 is 24.6 Å². The average Bonchev–Trinajstić information content (AvgIpc) is 2.50. The quantitative estimate of drug-likeness (QED) is 0.800. The second-order valence-electron chi connectivity index (χ2n) is 4.47. The van der Waals surface area contributed by atoms with Gasteiger partial charge in [0, 0.05) is 20.1 Å². The van der Waals surface area contributed by atoms with Gasteiger partial charge in [0.2, 0.25) is 5.91 Å². The lowest BCUT2D eigenvalue weighted by atomic mass is 10.1. The van der Waals surface area contributed by atoms with E-state index in [1.807, 2.05) is 0 Å². The first-order valence-electron chi connectivity index (χ1n) is 6.54. The van der Waals surface area contributed by atoms with Crippen LogP contribution in [0.2, 0.25) is 0 Å². The van der Waals surface area contributed by atoms with Crippen molar-refractivity contribution < 1.29 is 24.1 Å². The molecule has 1 aliphatic heterocycles. The van der Waals surface area contributed by atoms with Gasteiger partial charge in [-0.15, -0.1) is 0 Å². The molecule has 0 saturated heterocycles. The van der Waals surface area contributed by atoms with Gasteiger partial charge in [-0.3, -0.25) is 4.79 Å². The maximum Gasteiger partial charge on any atom is 0.222 e. The van der Waals surface area contributed by atoms with E-state index < -0.39 is 6.10 Å². The van der Waals surface area contributed by atoms with Gasteiger partial charge in [-0.2, -0.15) is 0 Å². The number of methoxy groups -OCH3 is 1. The summed E-state index contributed by atoms with van der Waals surface area (Å²) < 4.78 is 15.7. The number of carbonyl (C=O) groups is 1. The van der Waals surface area contributed by atoms with Gasteiger partial charge in [0.25, 0.3) is 0 Å². The second-order valence-corrected chi connectivity index (χ2v) is 4.47. The maximum absolute atomic E-state index is 11.4. The highest BCUT2D eigenvalue weighted by Crippen LogP contribution is 2.32. The number of aliphatic hydroxyl groups is 1. The minimum atomic E-state index is -0.780. The van der Waals surface area contributed by atoms with E-state index in [0.717, 1.165) is 0 Å². The number of ether oxygens (including phenoxy) is 3. The van der Waals surface area contributed by atoms with Gasteiger partial charge in [0.05, 0.1) is 12.7 Å². The number of carbonyl (C=O) groups excluding carboxylic acids is 1. The fourth-order valence-electron chi connectivity index (χ4n) is 1.88. The minimum Gasteiger partial charge on any atom is -0.486 e. The number of benzene rings is 1. The highest BCUT2D eigenvalue weighted by Gasteiger charge is 2.15. The van der Waals surface area contributed by atoms with Crippen LogP contribution >= 0.6 is 0 Å². The van der Waals surface area contributed by atoms with Crippen LogP contribution in [0.15, 0.2) is 18.2 Å². The highest BCUT2D eigenvalue weighted by molar-refractivity contribution is 5.76. The highest BCUT2D eigenvalue weighted by atomic mass is 16.6. The summed E-state index contributed by atoms with van der Waals surface area (Å²) in [6, 6.07) is 5.26. The van der Waals surface area contributed by atoms with Gasteiger partial charge in [-0.1, -0.05) is 6.07 Å². The zero-order chi connectivity index (χ0) is 14.4. The van der Waals surface area contributed by atoms with E-state index in [4.69, 9.17) is 14.2 Å². The second kappa shape index (κ2) is 7.12. The molecule has 2 rings (SSSR count). The summed E-state index contributed by atoms with van der Waals surface area (Å²) in [5.41, 5.74) is 0.682. The molecule has 0 bridgehead atoms. The average molecular weight is 281 g/mol. The van der Waals surface area contributed by atoms with Crippen molar-refractivity contribution in [1.82, 2.24) is 5.32 Å². The summed E-state index contributed by atoms with van der Waals surface area (Å²) in [6.45, 7) is 1.55. The molecule has 1 aliphatic rings. The van der Waals surface area contributed by atoms with Gasteiger partial charge in [0.1, 0.15) is 13.2 Å². The molecule has 0 radical (unpaired) electrons. The molecule has 0 spiro atoms. The summed E-state index contributed by atoms with van der Waals surface area (Å²) in [5.74, 6) is 1.15. The molecule has 1 amide bonds. The number of aliphatic hydroxyl groups excluding tert-OH is 1. The van der Waals surface area contributed by atoms with E-state index in [-0.39, 0.29) is 18.9 Å². The normalized spacial score (nSPS) is 14.7. The van der Waals surface area contributed by atoms with E-state index >= 15 is 0 Å². The molecule has 0 fully saturated rings. The topological polar surface area (TPSA) is 77.0 Å². The molecule has 1 aromatic carbocycles. The van der Waals surface area contributed by atoms with Crippen LogP contribution in [-0.4, -0.2) is 44.5 Å². The SMILES string of the molecule is COCCC(=O)NCC(O)c1ccc2c(c1)OCCO2. The number of rotatable bonds is 6. The third-order valence-electron chi connectivity index (χ3n) is 2.98. The Balaban J connectivity index is 1.89. The molecule has 110 valence electrons. The van der Waals surface area contributed by atoms with E-state index in [0.29, 0.717) is 36.9 Å². The molecule has 2 N–H and O–H groups in total. The molecule has 1 unspecified atom stereocenters. The number of hydrogen-bond acceptors (Lipinski definition) is 5. The third-order valence-corrected chi connectivity index (χ3v) is 2.98. The fourth-order valence-corrected chi connectivity index (χ4v) is 1.88. The van der Waals surface area contributed by atoms with Crippen LogP contribution in [-0.2, 0) is 9.53 Å². The predicted octanol–water partition coefficient (Wildman–Crippen LogP) is 0.644. The number of hydrogen-bond donors (Lipinski definition) is 2. The van der Waals surface area contributed by atoms with Gasteiger partial charge in [-0.25, -0.2) is 0 Å². The predicted molar refractivity (Wildman–Crippen MR) is 71.9 cm³/mol. The van der Waals surface area contributed by atoms with Crippen LogP contribution in [0.3, 0.4) is 0 Å². The molecule has 0 aromatic heterocycles. The smallest absolute Gasteiger partial charge is 0.222 e. The Morgan fingerprint density at radius 1 is 1.40 bits per heavy atom. The number of amides is 1. The first kappa shape index (κ1) is 14.6. The van der Waals surface area contributed by atoms with Crippen LogP contribution in [0.5, 0.6) is 11.5 Å². The summed E-state index contributed by atoms with van der Waals surface area (Å²) in [6.07, 6.45) is -0.498. The zero-order valence-electron chi connectivity index (χ0n) is 11.4. The minimum absolute atomic E-state index is 0.150. The Kier molecular flexibility index (Phi) is 5.20. The Morgan fingerprint density at radius 2 is 2.15 bits per heavy atom. The Bertz CT molecular complexity index is 463. The van der Waals surface area contributed by atoms with Crippen LogP contribution in [0.1, 0.15) is 18.1 Å². The number of fused-ring (bicyclic) bond motifs is 1. The summed E-state index contributed by atoms with van der Waals surface area (Å²) in [5, 5.41) is 12.7. The Labute approximate surface area is 117 Å². The summed E-state index contributed by atoms with van der Waals surface area (Å²) in [4.78, 5) is 11.4. The van der Waals surface area contributed by atoms with Crippen LogP contribution in [0.4, 0.5) is 0 Å². The molecule has 6 nitrogen and oxygen atoms in total. The van der Waals surface area contributed by atoms with E-state index in [9.17, 15) is 9.90 Å². The van der Waals surface area contributed by atoms with Gasteiger partial charge >= 0.3 is 0 Å². The van der Waals surface area contributed by atoms with Gasteiger partial charge in [-0.05, 0) is 17.7 Å². The van der Waals surface area contributed by atoms with Crippen molar-refractivity contribution >= 4 is 5.91 Å². The summed E-state index contributed by atoms with van der Waals surface area (Å²) in [7, 11) is 1.54. The third kappa shape index (κ3) is 3.85. The van der Waals surface area contributed by atoms with Crippen molar-refractivity contribution in [1.29, 1.82) is 0 Å². The maximum atomic E-state index is 11.4. The molecule has 0 saturated carbocycles. The first-order chi connectivity index (χ1) is 9.70. The standard InChI is InChI=1S/C14H19NO5/c1-18-5-4-14(17)15-9-11(16)10-2-3-12-13(8-10)20-7-6-19-12/h2-3,8,11,16H,4-7,9H2,1H3,(H,15,17). The van der Waals surface area contributed by atoms with E-state index in [1.54, 1.807) is 18.2 Å². The molecule has 1 aromatic rings. The fraction of sp³-hybridized carbons (Fsp3) is 0.500. The molecule has 20 heavy (non-hydrogen) atoms. The van der Waals surface area contributed by atoms with E-state index in [2.05, 4.69) is 5.32 Å². The first-order valence-corrected chi connectivity index (χ1v) is 6.54. The van der Waals surface area contributed by atoms with Gasteiger partial charge in [0.15, 0.2) is 11.5 Å².